The molecule has 2 aliphatic heterocycles. The van der Waals surface area contributed by atoms with Gasteiger partial charge in [0, 0.05) is 32.9 Å². The zero-order valence-electron chi connectivity index (χ0n) is 28.3. The lowest BCUT2D eigenvalue weighted by Gasteiger charge is -2.33. The molecule has 0 fully saturated rings. The molecule has 0 aliphatic carbocycles. The zero-order chi connectivity index (χ0) is 33.9. The Morgan fingerprint density at radius 2 is 0.808 bits per heavy atom. The van der Waals surface area contributed by atoms with Crippen molar-refractivity contribution in [3.05, 3.63) is 182 Å². The maximum Gasteiger partial charge on any atom is 0.329 e. The predicted octanol–water partition coefficient (Wildman–Crippen LogP) is 11.7. The summed E-state index contributed by atoms with van der Waals surface area (Å²) in [6.45, 7) is 0.0710. The number of benzene rings is 9. The fourth-order valence-corrected chi connectivity index (χ4v) is 9.52. The molecule has 1 nitrogen and oxygen atoms in total. The third-order valence-electron chi connectivity index (χ3n) is 11.7. The Morgan fingerprint density at radius 1 is 0.288 bits per heavy atom. The molecule has 9 aromatic carbocycles. The number of nitrogens with zero attached hydrogens (tertiary/aromatic N) is 1. The van der Waals surface area contributed by atoms with Gasteiger partial charge in [-0.3, -0.25) is 0 Å². The highest BCUT2D eigenvalue weighted by molar-refractivity contribution is 6.88. The fourth-order valence-electron chi connectivity index (χ4n) is 9.52. The average molecular weight is 656 g/mol. The highest BCUT2D eigenvalue weighted by atomic mass is 14.9. The second-order valence-corrected chi connectivity index (χ2v) is 14.4. The summed E-state index contributed by atoms with van der Waals surface area (Å²) >= 11 is 0. The Balaban J connectivity index is 1.25. The molecule has 52 heavy (non-hydrogen) atoms. The van der Waals surface area contributed by atoms with Crippen molar-refractivity contribution in [2.75, 3.05) is 0 Å². The fraction of sp³-hybridized carbons (Fsp3) is 0. The van der Waals surface area contributed by atoms with Crippen LogP contribution in [0.25, 0.3) is 99.0 Å². The second kappa shape index (κ2) is 10.4. The first-order chi connectivity index (χ1) is 25.8. The van der Waals surface area contributed by atoms with Crippen LogP contribution < -0.4 is 10.9 Å². The van der Waals surface area contributed by atoms with Gasteiger partial charge in [-0.25, -0.2) is 0 Å². The van der Waals surface area contributed by atoms with Gasteiger partial charge in [0.25, 0.3) is 0 Å². The molecular weight excluding hydrogens is 625 g/mol. The molecule has 2 aliphatic rings. The van der Waals surface area contributed by atoms with Crippen LogP contribution >= 0.6 is 0 Å². The summed E-state index contributed by atoms with van der Waals surface area (Å²) in [6.07, 6.45) is 0. The van der Waals surface area contributed by atoms with Crippen LogP contribution in [0.5, 0.6) is 0 Å². The van der Waals surface area contributed by atoms with E-state index in [-0.39, 0.29) is 6.85 Å². The van der Waals surface area contributed by atoms with Gasteiger partial charge in [-0.05, 0) is 101 Å². The molecule has 3 heterocycles. The van der Waals surface area contributed by atoms with Crippen molar-refractivity contribution in [3.8, 4) is 55.6 Å². The van der Waals surface area contributed by atoms with Gasteiger partial charge in [0.15, 0.2) is 0 Å². The van der Waals surface area contributed by atoms with Crippen molar-refractivity contribution in [1.29, 1.82) is 0 Å². The van der Waals surface area contributed by atoms with E-state index in [1.165, 1.54) is 110 Å². The maximum absolute atomic E-state index is 2.69. The molecule has 0 amide bonds. The summed E-state index contributed by atoms with van der Waals surface area (Å²) in [7, 11) is 0. The van der Waals surface area contributed by atoms with Gasteiger partial charge in [-0.2, -0.15) is 0 Å². The summed E-state index contributed by atoms with van der Waals surface area (Å²) in [6, 6.07) is 68.0. The number of hydrogen-bond donors (Lipinski definition) is 0. The summed E-state index contributed by atoms with van der Waals surface area (Å²) < 4.78 is 2.69. The normalized spacial score (nSPS) is 12.6. The number of fused-ring (bicyclic) bond motifs is 9. The summed E-state index contributed by atoms with van der Waals surface area (Å²) in [5, 5.41) is 7.72. The molecule has 2 heteroatoms. The van der Waals surface area contributed by atoms with E-state index in [2.05, 4.69) is 186 Å². The van der Waals surface area contributed by atoms with Crippen LogP contribution in [-0.2, 0) is 0 Å². The molecule has 1 aromatic heterocycles. The van der Waals surface area contributed by atoms with Crippen LogP contribution in [0, 0.1) is 0 Å². The van der Waals surface area contributed by atoms with E-state index >= 15 is 0 Å². The monoisotopic (exact) mass is 655 g/mol. The van der Waals surface area contributed by atoms with E-state index in [4.69, 9.17) is 0 Å². The number of aromatic nitrogens is 1. The lowest BCUT2D eigenvalue weighted by molar-refractivity contribution is 1.31. The minimum Gasteiger partial charge on any atom is -0.375 e. The molecule has 0 saturated heterocycles. The third-order valence-corrected chi connectivity index (χ3v) is 11.7. The first-order valence-corrected chi connectivity index (χ1v) is 18.2. The SMILES string of the molecule is c1ccc(-c2ccc3c(c2)B2c4ccccc4-c4cc(-c5cccc6ccccc56)cc5c6cc(-c7cccc8ccccc78)cc-3c6n2c45)cc1. The van der Waals surface area contributed by atoms with E-state index in [0.717, 1.165) is 0 Å². The zero-order valence-corrected chi connectivity index (χ0v) is 28.3. The van der Waals surface area contributed by atoms with E-state index in [0.29, 0.717) is 0 Å². The molecule has 0 N–H and O–H groups in total. The summed E-state index contributed by atoms with van der Waals surface area (Å²) in [5.74, 6) is 0. The van der Waals surface area contributed by atoms with Crippen LogP contribution in [0.1, 0.15) is 0 Å². The van der Waals surface area contributed by atoms with Crippen molar-refractivity contribution in [1.82, 2.24) is 4.48 Å². The highest BCUT2D eigenvalue weighted by Crippen LogP contribution is 2.48. The highest BCUT2D eigenvalue weighted by Gasteiger charge is 2.40. The Morgan fingerprint density at radius 3 is 1.46 bits per heavy atom. The molecule has 0 radical (unpaired) electrons. The van der Waals surface area contributed by atoms with Crippen LogP contribution in [-0.4, -0.2) is 11.3 Å². The van der Waals surface area contributed by atoms with E-state index in [1.807, 2.05) is 0 Å². The molecule has 10 aromatic rings. The average Bonchev–Trinajstić information content (AvgIpc) is 3.55. The van der Waals surface area contributed by atoms with Gasteiger partial charge in [0.05, 0.1) is 0 Å². The molecule has 0 atom stereocenters. The van der Waals surface area contributed by atoms with Gasteiger partial charge in [-0.15, -0.1) is 0 Å². The van der Waals surface area contributed by atoms with E-state index < -0.39 is 0 Å². The predicted molar refractivity (Wildman–Crippen MR) is 222 cm³/mol. The summed E-state index contributed by atoms with van der Waals surface area (Å²) in [4.78, 5) is 0. The van der Waals surface area contributed by atoms with E-state index in [1.54, 1.807) is 0 Å². The third kappa shape index (κ3) is 3.79. The van der Waals surface area contributed by atoms with Crippen LogP contribution in [0.3, 0.4) is 0 Å². The second-order valence-electron chi connectivity index (χ2n) is 14.4. The molecule has 0 bridgehead atoms. The van der Waals surface area contributed by atoms with Gasteiger partial charge in [-0.1, -0.05) is 158 Å². The lowest BCUT2D eigenvalue weighted by Crippen LogP contribution is -2.53. The molecule has 0 saturated carbocycles. The van der Waals surface area contributed by atoms with Gasteiger partial charge < -0.3 is 4.48 Å². The van der Waals surface area contributed by atoms with Crippen molar-refractivity contribution >= 4 is 61.1 Å². The molecule has 12 rings (SSSR count). The Bertz CT molecular complexity index is 3120. The topological polar surface area (TPSA) is 4.93 Å². The first-order valence-electron chi connectivity index (χ1n) is 18.2. The van der Waals surface area contributed by atoms with Crippen molar-refractivity contribution in [2.45, 2.75) is 0 Å². The molecular formula is C50H30BN. The molecule has 0 unspecified atom stereocenters. The van der Waals surface area contributed by atoms with Crippen LogP contribution in [0.4, 0.5) is 0 Å². The van der Waals surface area contributed by atoms with Crippen molar-refractivity contribution < 1.29 is 0 Å². The largest absolute Gasteiger partial charge is 0.375 e. The first kappa shape index (κ1) is 28.1. The Labute approximate surface area is 302 Å². The van der Waals surface area contributed by atoms with Crippen LogP contribution in [0.15, 0.2) is 182 Å². The smallest absolute Gasteiger partial charge is 0.329 e. The van der Waals surface area contributed by atoms with Crippen molar-refractivity contribution in [2.24, 2.45) is 0 Å². The standard InChI is InChI=1S/C50H30BN/c1-2-12-31(13-3-1)34-24-25-42-44-27-36(40-22-11-17-33-15-5-7-19-38(33)40)29-46-45-28-35(39-21-10-16-32-14-4-6-18-37(32)39)26-43-41-20-8-9-23-47(41)51(48(42)30-34)52(49(43)45)50(44)46/h1-30H. The minimum absolute atomic E-state index is 0.0710. The quantitative estimate of drug-likeness (QED) is 0.167. The lowest BCUT2D eigenvalue weighted by atomic mass is 9.45. The maximum atomic E-state index is 2.69. The number of rotatable bonds is 3. The molecule has 0 spiro atoms. The Hall–Kier alpha value is -6.64. The molecule has 238 valence electrons. The minimum atomic E-state index is 0.0710. The Kier molecular flexibility index (Phi) is 5.65. The van der Waals surface area contributed by atoms with Gasteiger partial charge in [0.2, 0.25) is 0 Å². The van der Waals surface area contributed by atoms with Crippen LogP contribution in [0.2, 0.25) is 0 Å². The van der Waals surface area contributed by atoms with Crippen molar-refractivity contribution in [3.63, 3.8) is 0 Å². The van der Waals surface area contributed by atoms with E-state index in [9.17, 15) is 0 Å². The van der Waals surface area contributed by atoms with Gasteiger partial charge in [0.1, 0.15) is 0 Å². The summed E-state index contributed by atoms with van der Waals surface area (Å²) in [5.41, 5.74) is 18.2. The van der Waals surface area contributed by atoms with Gasteiger partial charge >= 0.3 is 6.85 Å². The number of hydrogen-bond acceptors (Lipinski definition) is 0.